The van der Waals surface area contributed by atoms with Gasteiger partial charge in [-0.1, -0.05) is 0 Å². The van der Waals surface area contributed by atoms with Gasteiger partial charge in [0.1, 0.15) is 19.5 Å². The molecule has 0 heterocycles. The van der Waals surface area contributed by atoms with Gasteiger partial charge in [-0.3, -0.25) is 4.79 Å². The third kappa shape index (κ3) is 17.8. The highest BCUT2D eigenvalue weighted by Crippen LogP contribution is 1.86. The molecule has 0 saturated carbocycles. The number of hydrogen-bond acceptors (Lipinski definition) is 9. The molecule has 26 heavy (non-hydrogen) atoms. The molecule has 0 aliphatic rings. The van der Waals surface area contributed by atoms with E-state index in [0.29, 0.717) is 38.8 Å². The van der Waals surface area contributed by atoms with Gasteiger partial charge in [-0.2, -0.15) is 0 Å². The number of ether oxygens (including phenoxy) is 5. The highest BCUT2D eigenvalue weighted by molar-refractivity contribution is 5.90. The molecule has 0 aromatic rings. The average molecular weight is 374 g/mol. The summed E-state index contributed by atoms with van der Waals surface area (Å²) in [5.41, 5.74) is 0. The van der Waals surface area contributed by atoms with Crippen LogP contribution in [0.25, 0.3) is 0 Å². The van der Waals surface area contributed by atoms with Crippen LogP contribution in [0.3, 0.4) is 0 Å². The van der Waals surface area contributed by atoms with Crippen molar-refractivity contribution in [3.8, 4) is 0 Å². The van der Waals surface area contributed by atoms with Crippen molar-refractivity contribution in [2.45, 2.75) is 0 Å². The van der Waals surface area contributed by atoms with Crippen LogP contribution < -0.4 is 0 Å². The molecule has 0 amide bonds. The molecule has 0 atom stereocenters. The van der Waals surface area contributed by atoms with Gasteiger partial charge < -0.3 is 28.8 Å². The van der Waals surface area contributed by atoms with Crippen molar-refractivity contribution in [3.05, 3.63) is 24.3 Å². The van der Waals surface area contributed by atoms with Crippen LogP contribution in [0.1, 0.15) is 0 Å². The lowest BCUT2D eigenvalue weighted by Crippen LogP contribution is -2.14. The van der Waals surface area contributed by atoms with Gasteiger partial charge in [0.2, 0.25) is 0 Å². The predicted octanol–water partition coefficient (Wildman–Crippen LogP) is -0.481. The highest BCUT2D eigenvalue weighted by Gasteiger charge is 1.99. The van der Waals surface area contributed by atoms with Crippen molar-refractivity contribution in [2.75, 3.05) is 52.9 Å². The number of rotatable bonds is 16. The quantitative estimate of drug-likeness (QED) is 0.163. The second kappa shape index (κ2) is 17.3. The zero-order chi connectivity index (χ0) is 19.5. The minimum atomic E-state index is -1.23. The van der Waals surface area contributed by atoms with Crippen molar-refractivity contribution in [3.63, 3.8) is 0 Å². The number of carboxylic acids is 1. The van der Waals surface area contributed by atoms with E-state index in [1.165, 1.54) is 0 Å². The summed E-state index contributed by atoms with van der Waals surface area (Å²) in [6.45, 7) is 1.72. The van der Waals surface area contributed by atoms with E-state index in [2.05, 4.69) is 4.74 Å². The van der Waals surface area contributed by atoms with E-state index in [-0.39, 0.29) is 26.4 Å². The Morgan fingerprint density at radius 3 is 1.50 bits per heavy atom. The van der Waals surface area contributed by atoms with E-state index in [1.54, 1.807) is 0 Å². The SMILES string of the molecule is O=C/C=C\C(=O)OCCOCCOCCOCCOC(=O)/C=C\C(=O)O. The van der Waals surface area contributed by atoms with Crippen LogP contribution in [-0.4, -0.2) is 82.2 Å². The molecular formula is C16H22O10. The monoisotopic (exact) mass is 374 g/mol. The van der Waals surface area contributed by atoms with Gasteiger partial charge in [0.15, 0.2) is 0 Å². The molecule has 0 radical (unpaired) electrons. The number of carbonyl (C=O) groups is 4. The summed E-state index contributed by atoms with van der Waals surface area (Å²) in [7, 11) is 0. The first-order valence-corrected chi connectivity index (χ1v) is 7.66. The molecule has 1 N–H and O–H groups in total. The lowest BCUT2D eigenvalue weighted by molar-refractivity contribution is -0.140. The van der Waals surface area contributed by atoms with Crippen LogP contribution in [0.2, 0.25) is 0 Å². The molecule has 0 aliphatic heterocycles. The van der Waals surface area contributed by atoms with Gasteiger partial charge in [0, 0.05) is 18.2 Å². The van der Waals surface area contributed by atoms with Gasteiger partial charge in [0.05, 0.1) is 39.6 Å². The van der Waals surface area contributed by atoms with Crippen LogP contribution in [0, 0.1) is 0 Å². The largest absolute Gasteiger partial charge is 0.478 e. The highest BCUT2D eigenvalue weighted by atomic mass is 16.6. The second-order valence-corrected chi connectivity index (χ2v) is 4.34. The van der Waals surface area contributed by atoms with Crippen molar-refractivity contribution in [1.82, 2.24) is 0 Å². The summed E-state index contributed by atoms with van der Waals surface area (Å²) >= 11 is 0. The zero-order valence-corrected chi connectivity index (χ0v) is 14.2. The van der Waals surface area contributed by atoms with Crippen molar-refractivity contribution in [2.24, 2.45) is 0 Å². The molecule has 10 heteroatoms. The second-order valence-electron chi connectivity index (χ2n) is 4.34. The normalized spacial score (nSPS) is 10.9. The number of carboxylic acid groups (broad SMARTS) is 1. The van der Waals surface area contributed by atoms with Crippen LogP contribution in [0.5, 0.6) is 0 Å². The molecular weight excluding hydrogens is 352 g/mol. The third-order valence-electron chi connectivity index (χ3n) is 2.36. The molecule has 0 aromatic heterocycles. The molecule has 0 saturated heterocycles. The Kier molecular flexibility index (Phi) is 15.6. The molecule has 0 rings (SSSR count). The molecule has 0 fully saturated rings. The summed E-state index contributed by atoms with van der Waals surface area (Å²) in [4.78, 5) is 42.1. The standard InChI is InChI=1S/C16H22O10/c17-5-1-2-15(20)25-12-10-23-8-6-22-7-9-24-11-13-26-16(21)4-3-14(18)19/h1-5H,6-13H2,(H,18,19)/b2-1-,4-3-. The minimum absolute atomic E-state index is 0.00661. The van der Waals surface area contributed by atoms with Crippen LogP contribution in [0.4, 0.5) is 0 Å². The maximum atomic E-state index is 11.0. The first kappa shape index (κ1) is 23.4. The third-order valence-corrected chi connectivity index (χ3v) is 2.36. The molecule has 10 nitrogen and oxygen atoms in total. The maximum Gasteiger partial charge on any atom is 0.331 e. The maximum absolute atomic E-state index is 11.0. The number of allylic oxidation sites excluding steroid dienone is 1. The molecule has 0 spiro atoms. The molecule has 0 aliphatic carbocycles. The summed E-state index contributed by atoms with van der Waals surface area (Å²) in [6, 6.07) is 0. The number of aldehydes is 1. The van der Waals surface area contributed by atoms with Gasteiger partial charge in [-0.25, -0.2) is 14.4 Å². The van der Waals surface area contributed by atoms with E-state index in [4.69, 9.17) is 24.1 Å². The van der Waals surface area contributed by atoms with Crippen LogP contribution in [-0.2, 0) is 42.9 Å². The first-order chi connectivity index (χ1) is 12.6. The van der Waals surface area contributed by atoms with Crippen molar-refractivity contribution in [1.29, 1.82) is 0 Å². The fourth-order valence-corrected chi connectivity index (χ4v) is 1.30. The number of carbonyl (C=O) groups excluding carboxylic acids is 3. The Morgan fingerprint density at radius 1 is 0.654 bits per heavy atom. The molecule has 146 valence electrons. The topological polar surface area (TPSA) is 135 Å². The van der Waals surface area contributed by atoms with Crippen LogP contribution >= 0.6 is 0 Å². The van der Waals surface area contributed by atoms with Gasteiger partial charge in [-0.05, 0) is 6.08 Å². The van der Waals surface area contributed by atoms with Gasteiger partial charge in [-0.15, -0.1) is 0 Å². The Labute approximate surface area is 150 Å². The molecule has 0 aromatic carbocycles. The predicted molar refractivity (Wildman–Crippen MR) is 86.4 cm³/mol. The van der Waals surface area contributed by atoms with Crippen LogP contribution in [0.15, 0.2) is 24.3 Å². The Bertz CT molecular complexity index is 483. The summed E-state index contributed by atoms with van der Waals surface area (Å²) in [5, 5.41) is 8.31. The van der Waals surface area contributed by atoms with E-state index >= 15 is 0 Å². The first-order valence-electron chi connectivity index (χ1n) is 7.66. The summed E-state index contributed by atoms with van der Waals surface area (Å²) in [5.74, 6) is -2.60. The van der Waals surface area contributed by atoms with E-state index in [0.717, 1.165) is 18.2 Å². The fourth-order valence-electron chi connectivity index (χ4n) is 1.30. The molecule has 0 bridgehead atoms. The van der Waals surface area contributed by atoms with Gasteiger partial charge in [0.25, 0.3) is 0 Å². The molecule has 0 unspecified atom stereocenters. The Morgan fingerprint density at radius 2 is 1.08 bits per heavy atom. The minimum Gasteiger partial charge on any atom is -0.478 e. The number of esters is 2. The smallest absolute Gasteiger partial charge is 0.331 e. The fraction of sp³-hybridized carbons (Fsp3) is 0.500. The zero-order valence-electron chi connectivity index (χ0n) is 14.2. The number of hydrogen-bond donors (Lipinski definition) is 1. The number of aliphatic carboxylic acids is 1. The Hall–Kier alpha value is -2.56. The van der Waals surface area contributed by atoms with Crippen molar-refractivity contribution >= 4 is 24.2 Å². The Balaban J connectivity index is 3.28. The average Bonchev–Trinajstić information content (AvgIpc) is 2.61. The lowest BCUT2D eigenvalue weighted by Gasteiger charge is -2.07. The summed E-state index contributed by atoms with van der Waals surface area (Å²) < 4.78 is 24.9. The summed E-state index contributed by atoms with van der Waals surface area (Å²) in [6.07, 6.45) is 4.04. The van der Waals surface area contributed by atoms with E-state index in [9.17, 15) is 19.2 Å². The van der Waals surface area contributed by atoms with Gasteiger partial charge >= 0.3 is 17.9 Å². The lowest BCUT2D eigenvalue weighted by atomic mass is 10.5. The van der Waals surface area contributed by atoms with E-state index in [1.807, 2.05) is 0 Å². The van der Waals surface area contributed by atoms with Crippen molar-refractivity contribution < 1.29 is 48.0 Å². The van der Waals surface area contributed by atoms with E-state index < -0.39 is 17.9 Å².